The predicted molar refractivity (Wildman–Crippen MR) is 103 cm³/mol. The molecular formula is C19H21NO6S. The molecule has 2 aromatic carbocycles. The average molecular weight is 391 g/mol. The lowest BCUT2D eigenvalue weighted by molar-refractivity contribution is -0.113. The number of hydrogen-bond donors (Lipinski definition) is 2. The molecule has 1 unspecified atom stereocenters. The third-order valence-electron chi connectivity index (χ3n) is 3.55. The van der Waals surface area contributed by atoms with Crippen molar-refractivity contribution in [3.8, 4) is 11.5 Å². The monoisotopic (exact) mass is 391 g/mol. The molecule has 8 heteroatoms. The molecule has 0 saturated heterocycles. The number of carbonyl (C=O) groups excluding carboxylic acids is 1. The summed E-state index contributed by atoms with van der Waals surface area (Å²) in [7, 11) is 0.269. The van der Waals surface area contributed by atoms with E-state index in [1.165, 1.54) is 12.1 Å². The van der Waals surface area contributed by atoms with Gasteiger partial charge in [0.2, 0.25) is 5.91 Å². The minimum atomic E-state index is -1.29. The zero-order valence-corrected chi connectivity index (χ0v) is 15.7. The molecule has 0 aromatic heterocycles. The molecule has 0 aliphatic heterocycles. The number of anilines is 1. The van der Waals surface area contributed by atoms with Crippen molar-refractivity contribution in [1.82, 2.24) is 0 Å². The minimum absolute atomic E-state index is 0.0840. The highest BCUT2D eigenvalue weighted by Gasteiger charge is 2.09. The molecule has 2 N–H and O–H groups in total. The summed E-state index contributed by atoms with van der Waals surface area (Å²) >= 11 is 0. The lowest BCUT2D eigenvalue weighted by atomic mass is 10.2. The van der Waals surface area contributed by atoms with E-state index in [-0.39, 0.29) is 17.2 Å². The Morgan fingerprint density at radius 3 is 2.26 bits per heavy atom. The average Bonchev–Trinajstić information content (AvgIpc) is 2.66. The van der Waals surface area contributed by atoms with Crippen molar-refractivity contribution in [3.63, 3.8) is 0 Å². The number of carboxylic acids is 1. The van der Waals surface area contributed by atoms with Gasteiger partial charge in [-0.05, 0) is 55.0 Å². The summed E-state index contributed by atoms with van der Waals surface area (Å²) in [6, 6.07) is 12.9. The summed E-state index contributed by atoms with van der Waals surface area (Å²) < 4.78 is 22.5. The number of rotatable bonds is 10. The third-order valence-corrected chi connectivity index (χ3v) is 4.88. The van der Waals surface area contributed by atoms with E-state index < -0.39 is 16.8 Å². The van der Waals surface area contributed by atoms with Gasteiger partial charge in [0.1, 0.15) is 17.3 Å². The van der Waals surface area contributed by atoms with Crippen molar-refractivity contribution in [3.05, 3.63) is 54.1 Å². The molecule has 2 rings (SSSR count). The molecule has 0 bridgehead atoms. The third kappa shape index (κ3) is 7.10. The lowest BCUT2D eigenvalue weighted by Crippen LogP contribution is -2.21. The van der Waals surface area contributed by atoms with Gasteiger partial charge in [0.25, 0.3) is 0 Å². The van der Waals surface area contributed by atoms with E-state index in [0.717, 1.165) is 0 Å². The van der Waals surface area contributed by atoms with Crippen molar-refractivity contribution in [2.24, 2.45) is 0 Å². The standard InChI is InChI=1S/C19H21NO6S/c1-25-16-9-5-15(6-10-16)20-18(21)13-27(24)12-2-11-26-17-7-3-14(4-8-17)19(22)23/h3-10H,2,11-13H2,1H3,(H,20,21)(H,22,23). The van der Waals surface area contributed by atoms with E-state index in [1.807, 2.05) is 0 Å². The largest absolute Gasteiger partial charge is 0.497 e. The Bertz CT molecular complexity index is 789. The van der Waals surface area contributed by atoms with Crippen LogP contribution in [0.4, 0.5) is 5.69 Å². The number of methoxy groups -OCH3 is 1. The van der Waals surface area contributed by atoms with Crippen molar-refractivity contribution < 1.29 is 28.4 Å². The number of carbonyl (C=O) groups is 2. The molecule has 0 aliphatic rings. The maximum Gasteiger partial charge on any atom is 0.335 e. The van der Waals surface area contributed by atoms with Crippen molar-refractivity contribution in [2.75, 3.05) is 30.5 Å². The Balaban J connectivity index is 1.66. The Labute approximate surface area is 159 Å². The second-order valence-electron chi connectivity index (χ2n) is 5.60. The van der Waals surface area contributed by atoms with Crippen molar-refractivity contribution >= 4 is 28.4 Å². The summed E-state index contributed by atoms with van der Waals surface area (Å²) in [5.41, 5.74) is 0.803. The van der Waals surface area contributed by atoms with E-state index in [2.05, 4.69) is 5.32 Å². The van der Waals surface area contributed by atoms with Crippen molar-refractivity contribution in [1.29, 1.82) is 0 Å². The van der Waals surface area contributed by atoms with E-state index in [0.29, 0.717) is 36.0 Å². The maximum absolute atomic E-state index is 12.0. The second-order valence-corrected chi connectivity index (χ2v) is 7.17. The zero-order valence-electron chi connectivity index (χ0n) is 14.8. The molecule has 1 amide bonds. The Morgan fingerprint density at radius 1 is 1.04 bits per heavy atom. The van der Waals surface area contributed by atoms with Crippen LogP contribution in [0.2, 0.25) is 0 Å². The van der Waals surface area contributed by atoms with Crippen LogP contribution in [0.5, 0.6) is 11.5 Å². The molecule has 0 fully saturated rings. The zero-order chi connectivity index (χ0) is 19.6. The molecule has 2 aromatic rings. The fourth-order valence-corrected chi connectivity index (χ4v) is 3.14. The van der Waals surface area contributed by atoms with Gasteiger partial charge in [-0.1, -0.05) is 0 Å². The smallest absolute Gasteiger partial charge is 0.335 e. The van der Waals surface area contributed by atoms with E-state index >= 15 is 0 Å². The summed E-state index contributed by atoms with van der Waals surface area (Å²) in [6.45, 7) is 0.332. The number of ether oxygens (including phenoxy) is 2. The normalized spacial score (nSPS) is 11.4. The molecule has 7 nitrogen and oxygen atoms in total. The number of benzene rings is 2. The van der Waals surface area contributed by atoms with Gasteiger partial charge >= 0.3 is 5.97 Å². The van der Waals surface area contributed by atoms with Gasteiger partial charge in [-0.15, -0.1) is 0 Å². The van der Waals surface area contributed by atoms with Gasteiger partial charge in [-0.2, -0.15) is 0 Å². The summed E-state index contributed by atoms with van der Waals surface area (Å²) in [5.74, 6) is 0.175. The highest BCUT2D eigenvalue weighted by Crippen LogP contribution is 2.15. The highest BCUT2D eigenvalue weighted by molar-refractivity contribution is 7.85. The molecule has 1 atom stereocenters. The van der Waals surface area contributed by atoms with Gasteiger partial charge in [-0.3, -0.25) is 9.00 Å². The summed E-state index contributed by atoms with van der Waals surface area (Å²) in [4.78, 5) is 22.7. The fourth-order valence-electron chi connectivity index (χ4n) is 2.19. The molecule has 0 radical (unpaired) electrons. The summed E-state index contributed by atoms with van der Waals surface area (Å²) in [5, 5.41) is 11.5. The first-order chi connectivity index (χ1) is 13.0. The van der Waals surface area contributed by atoms with Crippen LogP contribution in [0.1, 0.15) is 16.8 Å². The lowest BCUT2D eigenvalue weighted by Gasteiger charge is -2.08. The van der Waals surface area contributed by atoms with Crippen LogP contribution in [0.25, 0.3) is 0 Å². The number of nitrogens with one attached hydrogen (secondary N) is 1. The SMILES string of the molecule is COc1ccc(NC(=O)CS(=O)CCCOc2ccc(C(=O)O)cc2)cc1. The van der Waals surface area contributed by atoms with E-state index in [1.54, 1.807) is 43.5 Å². The van der Waals surface area contributed by atoms with Crippen LogP contribution in [0, 0.1) is 0 Å². The van der Waals surface area contributed by atoms with Gasteiger partial charge in [0, 0.05) is 22.2 Å². The topological polar surface area (TPSA) is 102 Å². The van der Waals surface area contributed by atoms with Crippen LogP contribution in [0.3, 0.4) is 0 Å². The van der Waals surface area contributed by atoms with Crippen LogP contribution in [-0.4, -0.2) is 46.4 Å². The predicted octanol–water partition coefficient (Wildman–Crippen LogP) is 2.55. The minimum Gasteiger partial charge on any atom is -0.497 e. The quantitative estimate of drug-likeness (QED) is 0.604. The molecule has 144 valence electrons. The van der Waals surface area contributed by atoms with Gasteiger partial charge in [0.15, 0.2) is 0 Å². The highest BCUT2D eigenvalue weighted by atomic mass is 32.2. The van der Waals surface area contributed by atoms with Crippen LogP contribution < -0.4 is 14.8 Å². The van der Waals surface area contributed by atoms with E-state index in [9.17, 15) is 13.8 Å². The number of hydrogen-bond acceptors (Lipinski definition) is 5. The summed E-state index contributed by atoms with van der Waals surface area (Å²) in [6.07, 6.45) is 0.517. The number of carboxylic acid groups (broad SMARTS) is 1. The molecule has 0 saturated carbocycles. The molecule has 0 spiro atoms. The first-order valence-electron chi connectivity index (χ1n) is 8.23. The number of amides is 1. The van der Waals surface area contributed by atoms with Crippen molar-refractivity contribution in [2.45, 2.75) is 6.42 Å². The molecule has 0 heterocycles. The van der Waals surface area contributed by atoms with Crippen LogP contribution in [-0.2, 0) is 15.6 Å². The first-order valence-corrected chi connectivity index (χ1v) is 9.72. The Kier molecular flexibility index (Phi) is 7.81. The fraction of sp³-hybridized carbons (Fsp3) is 0.263. The van der Waals surface area contributed by atoms with Gasteiger partial charge < -0.3 is 19.9 Å². The van der Waals surface area contributed by atoms with Gasteiger partial charge in [-0.25, -0.2) is 4.79 Å². The molecule has 0 aliphatic carbocycles. The Morgan fingerprint density at radius 2 is 1.67 bits per heavy atom. The van der Waals surface area contributed by atoms with Crippen LogP contribution in [0.15, 0.2) is 48.5 Å². The second kappa shape index (κ2) is 10.3. The first kappa shape index (κ1) is 20.4. The van der Waals surface area contributed by atoms with Gasteiger partial charge in [0.05, 0.1) is 19.3 Å². The molecular weight excluding hydrogens is 370 g/mol. The molecule has 27 heavy (non-hydrogen) atoms. The maximum atomic E-state index is 12.0. The van der Waals surface area contributed by atoms with Crippen LogP contribution >= 0.6 is 0 Å². The van der Waals surface area contributed by atoms with E-state index in [4.69, 9.17) is 14.6 Å². The number of aromatic carboxylic acids is 1. The Hall–Kier alpha value is -2.87.